The number of hydrogen-bond acceptors (Lipinski definition) is 3. The van der Waals surface area contributed by atoms with Crippen molar-refractivity contribution in [3.8, 4) is 0 Å². The highest BCUT2D eigenvalue weighted by Crippen LogP contribution is 2.29. The first-order chi connectivity index (χ1) is 9.20. The predicted octanol–water partition coefficient (Wildman–Crippen LogP) is 4.81. The van der Waals surface area contributed by atoms with Gasteiger partial charge in [0.2, 0.25) is 0 Å². The highest BCUT2D eigenvalue weighted by Gasteiger charge is 2.17. The summed E-state index contributed by atoms with van der Waals surface area (Å²) in [5, 5.41) is 2.70. The minimum atomic E-state index is 0.218. The van der Waals surface area contributed by atoms with Crippen LogP contribution < -0.4 is 0 Å². The van der Waals surface area contributed by atoms with Crippen molar-refractivity contribution in [2.75, 3.05) is 0 Å². The largest absolute Gasteiger partial charge is 0.329 e. The van der Waals surface area contributed by atoms with Crippen LogP contribution in [0.3, 0.4) is 0 Å². The van der Waals surface area contributed by atoms with E-state index in [9.17, 15) is 0 Å². The monoisotopic (exact) mass is 309 g/mol. The van der Waals surface area contributed by atoms with E-state index in [4.69, 9.17) is 23.8 Å². The topological polar surface area (TPSA) is 33.6 Å². The van der Waals surface area contributed by atoms with Gasteiger partial charge in [-0.1, -0.05) is 24.6 Å². The van der Waals surface area contributed by atoms with E-state index in [0.717, 1.165) is 17.6 Å². The highest BCUT2D eigenvalue weighted by molar-refractivity contribution is 7.71. The first-order valence-corrected chi connectivity index (χ1v) is 7.66. The van der Waals surface area contributed by atoms with Crippen LogP contribution in [-0.4, -0.2) is 14.5 Å². The number of pyridine rings is 1. The molecule has 0 bridgehead atoms. The Kier molecular flexibility index (Phi) is 3.43. The van der Waals surface area contributed by atoms with Crippen LogP contribution in [0.2, 0.25) is 5.02 Å². The molecule has 0 amide bonds. The summed E-state index contributed by atoms with van der Waals surface area (Å²) in [4.78, 5) is 8.89. The maximum atomic E-state index is 5.97. The summed E-state index contributed by atoms with van der Waals surface area (Å²) in [5.74, 6) is 0. The lowest BCUT2D eigenvalue weighted by Gasteiger charge is -2.15. The maximum absolute atomic E-state index is 5.97. The molecule has 1 unspecified atom stereocenters. The minimum absolute atomic E-state index is 0.218. The molecule has 98 valence electrons. The lowest BCUT2D eigenvalue weighted by Crippen LogP contribution is -2.08. The summed E-state index contributed by atoms with van der Waals surface area (Å²) in [7, 11) is 0. The van der Waals surface area contributed by atoms with Crippen LogP contribution in [0.25, 0.3) is 11.2 Å². The summed E-state index contributed by atoms with van der Waals surface area (Å²) in [6, 6.07) is 6.27. The van der Waals surface area contributed by atoms with Gasteiger partial charge in [-0.2, -0.15) is 0 Å². The number of halogens is 1. The molecule has 3 rings (SSSR count). The summed E-state index contributed by atoms with van der Waals surface area (Å²) in [6.07, 6.45) is 2.62. The number of fused-ring (bicyclic) bond motifs is 1. The van der Waals surface area contributed by atoms with Crippen molar-refractivity contribution in [1.29, 1.82) is 0 Å². The molecule has 0 aliphatic rings. The van der Waals surface area contributed by atoms with E-state index in [2.05, 4.69) is 39.0 Å². The highest BCUT2D eigenvalue weighted by atomic mass is 35.5. The van der Waals surface area contributed by atoms with Gasteiger partial charge in [0.15, 0.2) is 10.4 Å². The molecule has 0 aliphatic carbocycles. The van der Waals surface area contributed by atoms with Crippen LogP contribution in [-0.2, 0) is 0 Å². The molecule has 0 fully saturated rings. The number of H-pyrrole nitrogens is 1. The molecule has 6 heteroatoms. The van der Waals surface area contributed by atoms with E-state index in [0.29, 0.717) is 9.79 Å². The zero-order valence-electron chi connectivity index (χ0n) is 10.3. The number of aromatic amines is 1. The SMILES string of the molecule is CCC(c1cccs1)n1c(=S)[nH]c2cc(Cl)cnc21. The molecule has 0 spiro atoms. The van der Waals surface area contributed by atoms with Crippen LogP contribution >= 0.6 is 35.2 Å². The van der Waals surface area contributed by atoms with Crippen molar-refractivity contribution < 1.29 is 0 Å². The number of hydrogen-bond donors (Lipinski definition) is 1. The van der Waals surface area contributed by atoms with E-state index in [1.807, 2.05) is 6.07 Å². The minimum Gasteiger partial charge on any atom is -0.329 e. The number of imidazole rings is 1. The zero-order chi connectivity index (χ0) is 13.4. The molecule has 3 heterocycles. The normalized spacial score (nSPS) is 12.9. The molecule has 3 aromatic rings. The average molecular weight is 310 g/mol. The standard InChI is InChI=1S/C13H12ClN3S2/c1-2-10(11-4-3-5-19-11)17-12-9(16-13(17)18)6-8(14)7-15-12/h3-7,10H,2H2,1H3,(H,16,18). The molecule has 3 aromatic heterocycles. The summed E-state index contributed by atoms with van der Waals surface area (Å²) >= 11 is 13.2. The molecule has 0 saturated heterocycles. The zero-order valence-corrected chi connectivity index (χ0v) is 12.6. The van der Waals surface area contributed by atoms with Crippen molar-refractivity contribution in [2.24, 2.45) is 0 Å². The van der Waals surface area contributed by atoms with Crippen LogP contribution in [0.1, 0.15) is 24.3 Å². The predicted molar refractivity (Wildman–Crippen MR) is 82.7 cm³/mol. The van der Waals surface area contributed by atoms with Gasteiger partial charge in [0.1, 0.15) is 0 Å². The van der Waals surface area contributed by atoms with Gasteiger partial charge in [0.05, 0.1) is 16.6 Å². The molecular formula is C13H12ClN3S2. The van der Waals surface area contributed by atoms with Crippen molar-refractivity contribution in [2.45, 2.75) is 19.4 Å². The summed E-state index contributed by atoms with van der Waals surface area (Å²) in [5.41, 5.74) is 1.74. The fourth-order valence-corrected chi connectivity index (χ4v) is 3.65. The Balaban J connectivity index is 2.24. The van der Waals surface area contributed by atoms with Crippen molar-refractivity contribution >= 4 is 46.3 Å². The molecule has 3 nitrogen and oxygen atoms in total. The van der Waals surface area contributed by atoms with Gasteiger partial charge in [-0.05, 0) is 36.2 Å². The van der Waals surface area contributed by atoms with Gasteiger partial charge in [-0.15, -0.1) is 11.3 Å². The molecule has 19 heavy (non-hydrogen) atoms. The van der Waals surface area contributed by atoms with Crippen LogP contribution in [0, 0.1) is 4.77 Å². The fourth-order valence-electron chi connectivity index (χ4n) is 2.27. The number of nitrogens with zero attached hydrogens (tertiary/aromatic N) is 2. The fraction of sp³-hybridized carbons (Fsp3) is 0.231. The van der Waals surface area contributed by atoms with E-state index in [1.54, 1.807) is 17.5 Å². The van der Waals surface area contributed by atoms with Crippen LogP contribution in [0.4, 0.5) is 0 Å². The second-order valence-electron chi connectivity index (χ2n) is 4.26. The van der Waals surface area contributed by atoms with Crippen molar-refractivity contribution in [1.82, 2.24) is 14.5 Å². The molecule has 1 N–H and O–H groups in total. The molecule has 1 atom stereocenters. The van der Waals surface area contributed by atoms with Crippen LogP contribution in [0.15, 0.2) is 29.8 Å². The second-order valence-corrected chi connectivity index (χ2v) is 6.07. The third kappa shape index (κ3) is 2.22. The van der Waals surface area contributed by atoms with Gasteiger partial charge in [0.25, 0.3) is 0 Å². The molecule has 0 aromatic carbocycles. The number of nitrogens with one attached hydrogen (secondary N) is 1. The smallest absolute Gasteiger partial charge is 0.179 e. The van der Waals surface area contributed by atoms with Gasteiger partial charge < -0.3 is 4.98 Å². The second kappa shape index (κ2) is 5.07. The maximum Gasteiger partial charge on any atom is 0.179 e. The Labute approximate surface area is 124 Å². The molecule has 0 radical (unpaired) electrons. The first-order valence-electron chi connectivity index (χ1n) is 6.00. The van der Waals surface area contributed by atoms with Gasteiger partial charge in [-0.25, -0.2) is 4.98 Å². The average Bonchev–Trinajstić information content (AvgIpc) is 2.99. The van der Waals surface area contributed by atoms with E-state index in [-0.39, 0.29) is 6.04 Å². The van der Waals surface area contributed by atoms with Gasteiger partial charge >= 0.3 is 0 Å². The Morgan fingerprint density at radius 3 is 3.11 bits per heavy atom. The molecule has 0 aliphatic heterocycles. The Morgan fingerprint density at radius 2 is 2.42 bits per heavy atom. The van der Waals surface area contributed by atoms with Crippen molar-refractivity contribution in [3.63, 3.8) is 0 Å². The first kappa shape index (κ1) is 12.8. The Hall–Kier alpha value is -1.17. The number of rotatable bonds is 3. The summed E-state index contributed by atoms with van der Waals surface area (Å²) < 4.78 is 2.76. The molecule has 0 saturated carbocycles. The van der Waals surface area contributed by atoms with E-state index >= 15 is 0 Å². The van der Waals surface area contributed by atoms with Crippen molar-refractivity contribution in [3.05, 3.63) is 44.4 Å². The quantitative estimate of drug-likeness (QED) is 0.704. The number of aromatic nitrogens is 3. The lowest BCUT2D eigenvalue weighted by molar-refractivity contribution is 0.581. The van der Waals surface area contributed by atoms with Gasteiger partial charge in [-0.3, -0.25) is 4.57 Å². The van der Waals surface area contributed by atoms with E-state index < -0.39 is 0 Å². The number of thiophene rings is 1. The van der Waals surface area contributed by atoms with Crippen LogP contribution in [0.5, 0.6) is 0 Å². The summed E-state index contributed by atoms with van der Waals surface area (Å²) in [6.45, 7) is 2.15. The van der Waals surface area contributed by atoms with E-state index in [1.165, 1.54) is 4.88 Å². The Morgan fingerprint density at radius 1 is 1.58 bits per heavy atom. The van der Waals surface area contributed by atoms with Gasteiger partial charge in [0, 0.05) is 11.1 Å². The third-order valence-corrected chi connectivity index (χ3v) is 4.57. The molecular weight excluding hydrogens is 298 g/mol. The third-order valence-electron chi connectivity index (χ3n) is 3.09. The lowest BCUT2D eigenvalue weighted by atomic mass is 10.2. The Bertz CT molecular complexity index is 758.